The summed E-state index contributed by atoms with van der Waals surface area (Å²) in [5.41, 5.74) is 2.20. The van der Waals surface area contributed by atoms with Crippen molar-refractivity contribution in [3.8, 4) is 22.9 Å². The van der Waals surface area contributed by atoms with E-state index in [-0.39, 0.29) is 5.75 Å². The summed E-state index contributed by atoms with van der Waals surface area (Å²) in [6.07, 6.45) is 1.70. The van der Waals surface area contributed by atoms with Gasteiger partial charge >= 0.3 is 0 Å². The predicted octanol–water partition coefficient (Wildman–Crippen LogP) is 2.29. The van der Waals surface area contributed by atoms with Gasteiger partial charge in [-0.3, -0.25) is 9.84 Å². The van der Waals surface area contributed by atoms with E-state index < -0.39 is 0 Å². The van der Waals surface area contributed by atoms with Crippen LogP contribution < -0.4 is 9.68 Å². The monoisotopic (exact) mass is 371 g/mol. The van der Waals surface area contributed by atoms with Gasteiger partial charge in [0.25, 0.3) is 0 Å². The van der Waals surface area contributed by atoms with Crippen molar-refractivity contribution < 1.29 is 14.2 Å². The van der Waals surface area contributed by atoms with Crippen LogP contribution in [0, 0.1) is 0 Å². The Bertz CT molecular complexity index is 908. The molecule has 0 saturated carbocycles. The van der Waals surface area contributed by atoms with Crippen LogP contribution in [0.15, 0.2) is 42.6 Å². The molecule has 2 aromatic heterocycles. The highest BCUT2D eigenvalue weighted by Crippen LogP contribution is 2.25. The Morgan fingerprint density at radius 3 is 2.78 bits per heavy atom. The topological polar surface area (TPSA) is 55.1 Å². The highest BCUT2D eigenvalue weighted by atomic mass is 19.3. The van der Waals surface area contributed by atoms with E-state index in [2.05, 4.69) is 31.9 Å². The Morgan fingerprint density at radius 1 is 1.11 bits per heavy atom. The van der Waals surface area contributed by atoms with Crippen molar-refractivity contribution in [1.29, 1.82) is 0 Å². The zero-order valence-corrected chi connectivity index (χ0v) is 15.2. The van der Waals surface area contributed by atoms with Crippen molar-refractivity contribution in [2.24, 2.45) is 0 Å². The second-order valence-corrected chi connectivity index (χ2v) is 6.68. The Balaban J connectivity index is 1.46. The quantitative estimate of drug-likeness (QED) is 0.663. The molecule has 0 bridgehead atoms. The van der Waals surface area contributed by atoms with Crippen molar-refractivity contribution >= 4 is 5.65 Å². The van der Waals surface area contributed by atoms with Crippen LogP contribution in [0.3, 0.4) is 0 Å². The summed E-state index contributed by atoms with van der Waals surface area (Å²) < 4.78 is 20.0. The molecule has 142 valence electrons. The average Bonchev–Trinajstić information content (AvgIpc) is 3.13. The molecule has 0 aliphatic carbocycles. The third-order valence-electron chi connectivity index (χ3n) is 4.81. The lowest BCUT2D eigenvalue weighted by Gasteiger charge is -2.32. The molecule has 8 heteroatoms. The van der Waals surface area contributed by atoms with Gasteiger partial charge in [0.1, 0.15) is 6.61 Å². The molecule has 1 aliphatic heterocycles. The summed E-state index contributed by atoms with van der Waals surface area (Å²) in [5.74, 6) is 0.677. The summed E-state index contributed by atoms with van der Waals surface area (Å²) in [6, 6.07) is 10.4. The fraction of sp³-hybridized carbons (Fsp3) is 0.368. The lowest BCUT2D eigenvalue weighted by Crippen LogP contribution is -2.45. The van der Waals surface area contributed by atoms with Crippen LogP contribution in [0.4, 0.5) is 4.53 Å². The van der Waals surface area contributed by atoms with Crippen molar-refractivity contribution in [3.05, 3.63) is 42.6 Å². The van der Waals surface area contributed by atoms with Crippen molar-refractivity contribution in [2.75, 3.05) is 46.4 Å². The summed E-state index contributed by atoms with van der Waals surface area (Å²) in [4.78, 5) is 12.9. The van der Waals surface area contributed by atoms with Crippen molar-refractivity contribution in [3.63, 3.8) is 0 Å². The van der Waals surface area contributed by atoms with Gasteiger partial charge in [-0.25, -0.2) is 9.50 Å². The minimum Gasteiger partial charge on any atom is -0.475 e. The normalized spacial score (nSPS) is 15.9. The van der Waals surface area contributed by atoms with E-state index in [0.717, 1.165) is 44.0 Å². The largest absolute Gasteiger partial charge is 0.475 e. The first-order valence-corrected chi connectivity index (χ1v) is 9.00. The molecule has 1 saturated heterocycles. The van der Waals surface area contributed by atoms with Gasteiger partial charge in [0.05, 0.1) is 11.9 Å². The molecule has 0 unspecified atom stereocenters. The van der Waals surface area contributed by atoms with Crippen LogP contribution in [-0.4, -0.2) is 70.8 Å². The molecule has 1 fully saturated rings. The lowest BCUT2D eigenvalue weighted by atomic mass is 10.1. The number of ether oxygens (including phenoxy) is 1. The number of likely N-dealkylation sites (N-methyl/N-ethyl adjacent to an activating group) is 1. The molecule has 0 atom stereocenters. The number of fused-ring (bicyclic) bond motifs is 1. The molecule has 0 radical (unpaired) electrons. The Hall–Kier alpha value is -2.71. The fourth-order valence-electron chi connectivity index (χ4n) is 3.18. The van der Waals surface area contributed by atoms with E-state index in [4.69, 9.17) is 4.74 Å². The molecule has 1 aliphatic rings. The zero-order chi connectivity index (χ0) is 18.6. The first kappa shape index (κ1) is 17.7. The van der Waals surface area contributed by atoms with Crippen molar-refractivity contribution in [1.82, 2.24) is 24.4 Å². The highest BCUT2D eigenvalue weighted by Gasteiger charge is 2.14. The van der Waals surface area contributed by atoms with Crippen LogP contribution >= 0.6 is 0 Å². The molecule has 27 heavy (non-hydrogen) atoms. The van der Waals surface area contributed by atoms with Gasteiger partial charge < -0.3 is 9.64 Å². The van der Waals surface area contributed by atoms with Gasteiger partial charge in [0, 0.05) is 48.9 Å². The van der Waals surface area contributed by atoms with Crippen LogP contribution in [0.1, 0.15) is 0 Å². The molecule has 7 nitrogen and oxygen atoms in total. The number of piperazine rings is 1. The summed E-state index contributed by atoms with van der Waals surface area (Å²) in [5, 5.41) is 4.53. The fourth-order valence-corrected chi connectivity index (χ4v) is 3.18. The molecular weight excluding hydrogens is 349 g/mol. The Labute approximate surface area is 156 Å². The first-order chi connectivity index (χ1) is 13.2. The number of halogens is 1. The molecule has 0 spiro atoms. The molecule has 4 rings (SSSR count). The second-order valence-electron chi connectivity index (χ2n) is 6.68. The number of aromatic nitrogens is 3. The van der Waals surface area contributed by atoms with E-state index >= 15 is 0 Å². The molecule has 3 aromatic rings. The lowest BCUT2D eigenvalue weighted by molar-refractivity contribution is -0.00614. The van der Waals surface area contributed by atoms with Gasteiger partial charge in [-0.1, -0.05) is 12.1 Å². The smallest absolute Gasteiger partial charge is 0.231 e. The number of imidazole rings is 1. The minimum absolute atomic E-state index is 0.141. The standard InChI is InChI=1S/C19H22FN5O2/c1-23-7-9-24(10-8-23)11-12-26-19-6-5-18-21-14-17(25(18)22-19)15-3-2-4-16(13-15)27-20/h2-6,13-14H,7-12H2,1H3. The maximum Gasteiger partial charge on any atom is 0.231 e. The number of hydrogen-bond acceptors (Lipinski definition) is 6. The Kier molecular flexibility index (Phi) is 5.17. The average molecular weight is 371 g/mol. The second kappa shape index (κ2) is 7.89. The van der Waals surface area contributed by atoms with E-state index in [1.165, 1.54) is 0 Å². The minimum atomic E-state index is 0.141. The van der Waals surface area contributed by atoms with E-state index in [0.29, 0.717) is 18.1 Å². The molecule has 1 aromatic carbocycles. The number of rotatable bonds is 6. The van der Waals surface area contributed by atoms with Crippen LogP contribution in [0.5, 0.6) is 11.6 Å². The van der Waals surface area contributed by atoms with Crippen LogP contribution in [0.25, 0.3) is 16.9 Å². The third kappa shape index (κ3) is 4.01. The summed E-state index contributed by atoms with van der Waals surface area (Å²) in [7, 11) is 2.14. The van der Waals surface area contributed by atoms with Gasteiger partial charge in [0.15, 0.2) is 11.4 Å². The number of benzene rings is 1. The van der Waals surface area contributed by atoms with Gasteiger partial charge in [-0.15, -0.1) is 5.10 Å². The van der Waals surface area contributed by atoms with Gasteiger partial charge in [0.2, 0.25) is 5.88 Å². The number of nitrogens with zero attached hydrogens (tertiary/aromatic N) is 5. The van der Waals surface area contributed by atoms with E-state index in [9.17, 15) is 4.53 Å². The van der Waals surface area contributed by atoms with E-state index in [1.54, 1.807) is 28.9 Å². The highest BCUT2D eigenvalue weighted by molar-refractivity contribution is 5.64. The van der Waals surface area contributed by atoms with Gasteiger partial charge in [-0.05, 0) is 25.2 Å². The summed E-state index contributed by atoms with van der Waals surface area (Å²) in [6.45, 7) is 5.75. The molecular formula is C19H22FN5O2. The van der Waals surface area contributed by atoms with E-state index in [1.807, 2.05) is 18.2 Å². The predicted molar refractivity (Wildman–Crippen MR) is 99.6 cm³/mol. The third-order valence-corrected chi connectivity index (χ3v) is 4.81. The van der Waals surface area contributed by atoms with Crippen LogP contribution in [0.2, 0.25) is 0 Å². The van der Waals surface area contributed by atoms with Crippen molar-refractivity contribution in [2.45, 2.75) is 0 Å². The Morgan fingerprint density at radius 2 is 1.96 bits per heavy atom. The maximum absolute atomic E-state index is 12.5. The molecule has 0 N–H and O–H groups in total. The van der Waals surface area contributed by atoms with Crippen LogP contribution in [-0.2, 0) is 0 Å². The SMILES string of the molecule is CN1CCN(CCOc2ccc3ncc(-c4cccc(OF)c4)n3n2)CC1. The first-order valence-electron chi connectivity index (χ1n) is 9.00. The van der Waals surface area contributed by atoms with Gasteiger partial charge in [-0.2, -0.15) is 0 Å². The zero-order valence-electron chi connectivity index (χ0n) is 15.2. The summed E-state index contributed by atoms with van der Waals surface area (Å²) >= 11 is 0. The molecule has 3 heterocycles. The maximum atomic E-state index is 12.5. The number of hydrogen-bond donors (Lipinski definition) is 0. The molecule has 0 amide bonds.